The highest BCUT2D eigenvalue weighted by Crippen LogP contribution is 2.40. The van der Waals surface area contributed by atoms with E-state index < -0.39 is 53.3 Å². The monoisotopic (exact) mass is 303 g/mol. The van der Waals surface area contributed by atoms with Gasteiger partial charge in [0.1, 0.15) is 0 Å². The van der Waals surface area contributed by atoms with E-state index in [0.717, 1.165) is 0 Å². The van der Waals surface area contributed by atoms with Crippen LogP contribution in [0.2, 0.25) is 0 Å². The Hall–Kier alpha value is -1.44. The van der Waals surface area contributed by atoms with Gasteiger partial charge < -0.3 is 5.11 Å². The van der Waals surface area contributed by atoms with Crippen LogP contribution in [0, 0.1) is 0 Å². The van der Waals surface area contributed by atoms with Crippen LogP contribution in [-0.2, 0) is 23.3 Å². The number of pyridine rings is 1. The Bertz CT molecular complexity index is 490. The summed E-state index contributed by atoms with van der Waals surface area (Å²) < 4.78 is 64.0. The smallest absolute Gasteiger partial charge is 0.418 e. The maximum atomic E-state index is 12.8. The molecular weight excluding hydrogens is 297 g/mol. The Morgan fingerprint density at radius 2 is 2.00 bits per heavy atom. The van der Waals surface area contributed by atoms with E-state index in [0.29, 0.717) is 6.20 Å². The second-order valence-electron chi connectivity index (χ2n) is 3.52. The van der Waals surface area contributed by atoms with E-state index in [1.165, 1.54) is 0 Å². The van der Waals surface area contributed by atoms with Crippen LogP contribution in [-0.4, -0.2) is 16.1 Å². The van der Waals surface area contributed by atoms with E-state index in [9.17, 15) is 26.7 Å². The molecule has 0 unspecified atom stereocenters. The van der Waals surface area contributed by atoms with Crippen molar-refractivity contribution in [2.24, 2.45) is 0 Å². The first-order valence-electron chi connectivity index (χ1n) is 4.82. The Balaban J connectivity index is 3.58. The fourth-order valence-electron chi connectivity index (χ4n) is 1.58. The van der Waals surface area contributed by atoms with Gasteiger partial charge in [0.05, 0.1) is 23.6 Å². The van der Waals surface area contributed by atoms with E-state index in [4.69, 9.17) is 16.7 Å². The molecule has 1 N–H and O–H groups in total. The lowest BCUT2D eigenvalue weighted by atomic mass is 9.99. The average Bonchev–Trinajstić information content (AvgIpc) is 2.25. The molecule has 0 fully saturated rings. The predicted molar refractivity (Wildman–Crippen MR) is 55.1 cm³/mol. The van der Waals surface area contributed by atoms with E-state index in [1.807, 2.05) is 0 Å². The van der Waals surface area contributed by atoms with E-state index in [2.05, 4.69) is 4.98 Å². The minimum absolute atomic E-state index is 0.677. The van der Waals surface area contributed by atoms with Crippen molar-refractivity contribution in [1.29, 1.82) is 0 Å². The Morgan fingerprint density at radius 3 is 2.37 bits per heavy atom. The van der Waals surface area contributed by atoms with E-state index in [1.54, 1.807) is 0 Å². The maximum Gasteiger partial charge on any atom is 0.418 e. The van der Waals surface area contributed by atoms with Crippen molar-refractivity contribution in [2.75, 3.05) is 0 Å². The number of nitrogens with zero attached hydrogens (tertiary/aromatic N) is 1. The summed E-state index contributed by atoms with van der Waals surface area (Å²) in [5.74, 6) is -2.24. The summed E-state index contributed by atoms with van der Waals surface area (Å²) in [7, 11) is 0. The Kier molecular flexibility index (Phi) is 4.67. The zero-order valence-corrected chi connectivity index (χ0v) is 9.90. The van der Waals surface area contributed by atoms with Gasteiger partial charge in [-0.25, -0.2) is 8.78 Å². The van der Waals surface area contributed by atoms with Crippen molar-refractivity contribution in [3.8, 4) is 0 Å². The molecular formula is C10H7ClF5NO2. The third-order valence-corrected chi connectivity index (χ3v) is 2.50. The molecule has 19 heavy (non-hydrogen) atoms. The molecule has 0 saturated carbocycles. The van der Waals surface area contributed by atoms with Crippen LogP contribution < -0.4 is 0 Å². The zero-order valence-electron chi connectivity index (χ0n) is 9.14. The molecule has 0 saturated heterocycles. The molecule has 106 valence electrons. The van der Waals surface area contributed by atoms with Gasteiger partial charge in [0.25, 0.3) is 6.43 Å². The zero-order chi connectivity index (χ0) is 14.8. The number of aliphatic carboxylic acids is 1. The third kappa shape index (κ3) is 3.52. The molecule has 0 aromatic carbocycles. The summed E-state index contributed by atoms with van der Waals surface area (Å²) >= 11 is 5.25. The van der Waals surface area contributed by atoms with Gasteiger partial charge in [-0.05, 0) is 5.56 Å². The molecule has 1 aromatic heterocycles. The molecule has 0 amide bonds. The van der Waals surface area contributed by atoms with Gasteiger partial charge in [-0.3, -0.25) is 9.78 Å². The van der Waals surface area contributed by atoms with Crippen molar-refractivity contribution >= 4 is 17.6 Å². The molecule has 0 aliphatic rings. The lowest BCUT2D eigenvalue weighted by molar-refractivity contribution is -0.141. The lowest BCUT2D eigenvalue weighted by Crippen LogP contribution is -2.18. The number of rotatable bonds is 4. The van der Waals surface area contributed by atoms with Crippen molar-refractivity contribution in [3.05, 3.63) is 28.6 Å². The van der Waals surface area contributed by atoms with Crippen molar-refractivity contribution in [2.45, 2.75) is 24.9 Å². The number of carboxylic acids is 1. The van der Waals surface area contributed by atoms with Gasteiger partial charge in [0, 0.05) is 11.8 Å². The van der Waals surface area contributed by atoms with Crippen LogP contribution in [0.5, 0.6) is 0 Å². The first-order valence-corrected chi connectivity index (χ1v) is 5.35. The van der Waals surface area contributed by atoms with Crippen molar-refractivity contribution in [1.82, 2.24) is 4.98 Å². The van der Waals surface area contributed by atoms with Crippen LogP contribution >= 0.6 is 11.6 Å². The van der Waals surface area contributed by atoms with Crippen LogP contribution in [0.15, 0.2) is 6.20 Å². The van der Waals surface area contributed by atoms with Crippen LogP contribution in [0.25, 0.3) is 0 Å². The summed E-state index contributed by atoms with van der Waals surface area (Å²) in [6, 6.07) is 0. The van der Waals surface area contributed by atoms with Crippen molar-refractivity contribution in [3.63, 3.8) is 0 Å². The summed E-state index contributed by atoms with van der Waals surface area (Å²) in [5.41, 5.74) is -4.46. The number of alkyl halides is 6. The highest BCUT2D eigenvalue weighted by molar-refractivity contribution is 6.17. The van der Waals surface area contributed by atoms with Gasteiger partial charge in [-0.15, -0.1) is 11.6 Å². The SMILES string of the molecule is O=C(O)Cc1cnc(CCl)c(C(F)(F)F)c1C(F)F. The lowest BCUT2D eigenvalue weighted by Gasteiger charge is -2.18. The molecule has 1 heterocycles. The van der Waals surface area contributed by atoms with Crippen LogP contribution in [0.3, 0.4) is 0 Å². The number of carboxylic acid groups (broad SMARTS) is 1. The minimum atomic E-state index is -5.09. The number of hydrogen-bond acceptors (Lipinski definition) is 2. The van der Waals surface area contributed by atoms with Crippen LogP contribution in [0.4, 0.5) is 22.0 Å². The summed E-state index contributed by atoms with van der Waals surface area (Å²) in [4.78, 5) is 13.8. The molecule has 0 bridgehead atoms. The third-order valence-electron chi connectivity index (χ3n) is 2.25. The number of halogens is 6. The molecule has 0 radical (unpaired) electrons. The number of carbonyl (C=O) groups is 1. The number of aromatic nitrogens is 1. The standard InChI is InChI=1S/C10H7ClF5NO2/c11-2-5-8(10(14,15)16)7(9(12)13)4(3-17-5)1-6(18)19/h3,9H,1-2H2,(H,18,19). The maximum absolute atomic E-state index is 12.8. The molecule has 0 aliphatic heterocycles. The highest BCUT2D eigenvalue weighted by atomic mass is 35.5. The Labute approximate surface area is 109 Å². The molecule has 1 rings (SSSR count). The van der Waals surface area contributed by atoms with E-state index >= 15 is 0 Å². The topological polar surface area (TPSA) is 50.2 Å². The molecule has 3 nitrogen and oxygen atoms in total. The largest absolute Gasteiger partial charge is 0.481 e. The molecule has 0 aliphatic carbocycles. The average molecular weight is 304 g/mol. The van der Waals surface area contributed by atoms with Gasteiger partial charge in [0.2, 0.25) is 0 Å². The molecule has 0 spiro atoms. The van der Waals surface area contributed by atoms with Crippen LogP contribution in [0.1, 0.15) is 28.8 Å². The van der Waals surface area contributed by atoms with Gasteiger partial charge >= 0.3 is 12.1 Å². The Morgan fingerprint density at radius 1 is 1.42 bits per heavy atom. The quantitative estimate of drug-likeness (QED) is 0.685. The predicted octanol–water partition coefficient (Wildman–Crippen LogP) is 3.40. The molecule has 1 aromatic rings. The molecule has 0 atom stereocenters. The second kappa shape index (κ2) is 5.68. The van der Waals surface area contributed by atoms with Crippen molar-refractivity contribution < 1.29 is 31.9 Å². The van der Waals surface area contributed by atoms with E-state index in [-0.39, 0.29) is 0 Å². The second-order valence-corrected chi connectivity index (χ2v) is 3.79. The fraction of sp³-hybridized carbons (Fsp3) is 0.400. The highest BCUT2D eigenvalue weighted by Gasteiger charge is 2.40. The fourth-order valence-corrected chi connectivity index (χ4v) is 1.78. The van der Waals surface area contributed by atoms with Gasteiger partial charge in [-0.2, -0.15) is 13.2 Å². The van der Waals surface area contributed by atoms with Gasteiger partial charge in [0.15, 0.2) is 0 Å². The summed E-state index contributed by atoms with van der Waals surface area (Å²) in [6.07, 6.45) is -8.85. The minimum Gasteiger partial charge on any atom is -0.481 e. The normalized spacial score (nSPS) is 11.9. The summed E-state index contributed by atoms with van der Waals surface area (Å²) in [5, 5.41) is 8.51. The van der Waals surface area contributed by atoms with Gasteiger partial charge in [-0.1, -0.05) is 0 Å². The summed E-state index contributed by atoms with van der Waals surface area (Å²) in [6.45, 7) is 0. The first-order chi connectivity index (χ1) is 8.68. The molecule has 9 heteroatoms. The first kappa shape index (κ1) is 15.6. The number of hydrogen-bond donors (Lipinski definition) is 1.